The maximum absolute atomic E-state index is 14.3. The van der Waals surface area contributed by atoms with Gasteiger partial charge in [-0.1, -0.05) is 27.7 Å². The fraction of sp³-hybridized carbons (Fsp3) is 0.176. The van der Waals surface area contributed by atoms with Gasteiger partial charge in [0.25, 0.3) is 0 Å². The van der Waals surface area contributed by atoms with Crippen molar-refractivity contribution in [1.29, 1.82) is 0 Å². The number of rotatable bonds is 2. The van der Waals surface area contributed by atoms with E-state index in [2.05, 4.69) is 0 Å². The first-order valence-electron chi connectivity index (χ1n) is 14.0. The molecule has 10 heteroatoms. The zero-order chi connectivity index (χ0) is 31.6. The van der Waals surface area contributed by atoms with Crippen molar-refractivity contribution in [2.75, 3.05) is 0 Å². The maximum Gasteiger partial charge on any atom is 0.201 e. The van der Waals surface area contributed by atoms with Crippen LogP contribution in [0.3, 0.4) is 0 Å². The molecule has 10 nitrogen and oxygen atoms in total. The molecule has 220 valence electrons. The van der Waals surface area contributed by atoms with Crippen LogP contribution in [0.4, 0.5) is 0 Å². The van der Waals surface area contributed by atoms with Crippen molar-refractivity contribution in [1.82, 2.24) is 0 Å². The van der Waals surface area contributed by atoms with Gasteiger partial charge in [0.15, 0.2) is 0 Å². The number of phenols is 8. The van der Waals surface area contributed by atoms with Crippen LogP contribution in [0.25, 0.3) is 75.4 Å². The average Bonchev–Trinajstić information content (AvgIpc) is 2.91. The monoisotopic (exact) mass is 592 g/mol. The minimum absolute atomic E-state index is 0.0183. The van der Waals surface area contributed by atoms with Crippen molar-refractivity contribution in [2.45, 2.75) is 39.5 Å². The van der Waals surface area contributed by atoms with Crippen molar-refractivity contribution in [3.8, 4) is 46.0 Å². The highest BCUT2D eigenvalue weighted by atomic mass is 16.3. The molecule has 0 bridgehead atoms. The van der Waals surface area contributed by atoms with Crippen LogP contribution in [0.5, 0.6) is 46.0 Å². The number of aromatic hydroxyl groups is 8. The third kappa shape index (κ3) is 2.52. The zero-order valence-corrected chi connectivity index (χ0v) is 23.7. The van der Waals surface area contributed by atoms with E-state index in [1.165, 1.54) is 0 Å². The number of phenolic OH excluding ortho intramolecular Hbond substituents is 8. The van der Waals surface area contributed by atoms with E-state index >= 15 is 0 Å². The fourth-order valence-electron chi connectivity index (χ4n) is 7.79. The Morgan fingerprint density at radius 2 is 0.614 bits per heavy atom. The maximum atomic E-state index is 14.3. The first-order chi connectivity index (χ1) is 20.7. The van der Waals surface area contributed by atoms with E-state index in [0.29, 0.717) is 0 Å². The average molecular weight is 593 g/mol. The molecule has 0 spiro atoms. The quantitative estimate of drug-likeness (QED) is 0.0855. The molecule has 44 heavy (non-hydrogen) atoms. The van der Waals surface area contributed by atoms with Crippen molar-refractivity contribution < 1.29 is 40.9 Å². The number of hydrogen-bond acceptors (Lipinski definition) is 10. The van der Waals surface area contributed by atoms with Crippen molar-refractivity contribution >= 4 is 75.4 Å². The van der Waals surface area contributed by atoms with Crippen LogP contribution in [0.15, 0.2) is 21.7 Å². The summed E-state index contributed by atoms with van der Waals surface area (Å²) in [6, 6.07) is 1.87. The number of hydrogen-bond donors (Lipinski definition) is 8. The standard InChI is InChI=1S/C34H24O10/c1-7(2)13-29(39)25-15-9(35)5-12(38)18-19(15)22-21-20-16(10(36)6-11(37)17(20)33(43)27(23(21)25)31(13)41)26-24(22)28(34(18)44)32(42)14(8(3)4)30(26)40/h5-8,35-42H,1-4H3. The Bertz CT molecular complexity index is 2540. The summed E-state index contributed by atoms with van der Waals surface area (Å²) in [5.41, 5.74) is -1.71. The van der Waals surface area contributed by atoms with Gasteiger partial charge in [-0.25, -0.2) is 0 Å². The predicted molar refractivity (Wildman–Crippen MR) is 168 cm³/mol. The molecular weight excluding hydrogens is 568 g/mol. The highest BCUT2D eigenvalue weighted by Crippen LogP contribution is 2.60. The van der Waals surface area contributed by atoms with Gasteiger partial charge in [-0.3, -0.25) is 9.59 Å². The molecule has 0 atom stereocenters. The molecule has 8 rings (SSSR count). The van der Waals surface area contributed by atoms with Crippen LogP contribution in [-0.4, -0.2) is 40.9 Å². The van der Waals surface area contributed by atoms with Gasteiger partial charge < -0.3 is 40.9 Å². The minimum Gasteiger partial charge on any atom is -0.507 e. The largest absolute Gasteiger partial charge is 0.507 e. The van der Waals surface area contributed by atoms with E-state index in [1.807, 2.05) is 0 Å². The van der Waals surface area contributed by atoms with Crippen LogP contribution in [0.2, 0.25) is 0 Å². The van der Waals surface area contributed by atoms with Crippen molar-refractivity contribution in [2.24, 2.45) is 0 Å². The second kappa shape index (κ2) is 7.65. The Kier molecular flexibility index (Phi) is 4.52. The minimum atomic E-state index is -0.835. The lowest BCUT2D eigenvalue weighted by molar-refractivity contribution is 0.440. The van der Waals surface area contributed by atoms with E-state index < -0.39 is 68.7 Å². The molecule has 0 saturated carbocycles. The van der Waals surface area contributed by atoms with Gasteiger partial charge in [0.05, 0.1) is 21.5 Å². The Morgan fingerprint density at radius 3 is 0.932 bits per heavy atom. The molecule has 0 aliphatic heterocycles. The normalized spacial score (nSPS) is 13.0. The molecule has 0 aliphatic rings. The molecule has 0 radical (unpaired) electrons. The molecule has 0 amide bonds. The predicted octanol–water partition coefficient (Wildman–Crippen LogP) is 6.12. The van der Waals surface area contributed by atoms with E-state index in [9.17, 15) is 50.4 Å². The lowest BCUT2D eigenvalue weighted by Gasteiger charge is -2.26. The summed E-state index contributed by atoms with van der Waals surface area (Å²) in [5, 5.41) is 90.0. The van der Waals surface area contributed by atoms with Crippen LogP contribution < -0.4 is 10.9 Å². The molecule has 8 aromatic rings. The van der Waals surface area contributed by atoms with Gasteiger partial charge >= 0.3 is 0 Å². The van der Waals surface area contributed by atoms with E-state index in [-0.39, 0.29) is 86.5 Å². The number of fused-ring (bicyclic) bond motifs is 2. The summed E-state index contributed by atoms with van der Waals surface area (Å²) in [5.74, 6) is -5.44. The zero-order valence-electron chi connectivity index (χ0n) is 23.7. The molecule has 0 saturated heterocycles. The summed E-state index contributed by atoms with van der Waals surface area (Å²) < 4.78 is 0. The van der Waals surface area contributed by atoms with Gasteiger partial charge in [0.2, 0.25) is 10.9 Å². The highest BCUT2D eigenvalue weighted by molar-refractivity contribution is 6.51. The highest BCUT2D eigenvalue weighted by Gasteiger charge is 2.36. The second-order valence-corrected chi connectivity index (χ2v) is 12.3. The summed E-state index contributed by atoms with van der Waals surface area (Å²) in [6.07, 6.45) is 0. The molecule has 0 heterocycles. The fourth-order valence-corrected chi connectivity index (χ4v) is 7.79. The summed E-state index contributed by atoms with van der Waals surface area (Å²) in [7, 11) is 0. The third-order valence-corrected chi connectivity index (χ3v) is 9.35. The molecule has 0 fully saturated rings. The molecular formula is C34H24O10. The molecule has 0 unspecified atom stereocenters. The molecule has 0 aliphatic carbocycles. The Hall–Kier alpha value is -5.64. The van der Waals surface area contributed by atoms with Crippen LogP contribution in [0, 0.1) is 0 Å². The second-order valence-electron chi connectivity index (χ2n) is 12.3. The van der Waals surface area contributed by atoms with Crippen LogP contribution in [0.1, 0.15) is 50.7 Å². The van der Waals surface area contributed by atoms with E-state index in [1.54, 1.807) is 27.7 Å². The summed E-state index contributed by atoms with van der Waals surface area (Å²) in [6.45, 7) is 6.69. The number of benzene rings is 8. The summed E-state index contributed by atoms with van der Waals surface area (Å²) in [4.78, 5) is 28.6. The molecule has 8 aromatic carbocycles. The van der Waals surface area contributed by atoms with Gasteiger partial charge in [0, 0.05) is 77.1 Å². The van der Waals surface area contributed by atoms with Crippen LogP contribution in [-0.2, 0) is 0 Å². The van der Waals surface area contributed by atoms with Crippen molar-refractivity contribution in [3.05, 3.63) is 43.7 Å². The third-order valence-electron chi connectivity index (χ3n) is 9.35. The Morgan fingerprint density at radius 1 is 0.364 bits per heavy atom. The van der Waals surface area contributed by atoms with Crippen LogP contribution >= 0.6 is 0 Å². The first-order valence-corrected chi connectivity index (χ1v) is 14.0. The SMILES string of the molecule is CC(C)c1c(O)c2c(=O)c3c(O)cc(O)c4c5c(O)c(C(C)C)c(O)c6c(=O)c7c(O)cc(O)c8c(c1O)c2c(c34)c(c78)c65. The van der Waals surface area contributed by atoms with E-state index in [0.717, 1.165) is 12.1 Å². The summed E-state index contributed by atoms with van der Waals surface area (Å²) >= 11 is 0. The lowest BCUT2D eigenvalue weighted by Crippen LogP contribution is -2.11. The van der Waals surface area contributed by atoms with Gasteiger partial charge in [-0.2, -0.15) is 0 Å². The molecule has 0 aromatic heterocycles. The molecule has 8 N–H and O–H groups in total. The van der Waals surface area contributed by atoms with Gasteiger partial charge in [-0.05, 0) is 11.8 Å². The first kappa shape index (κ1) is 26.0. The Balaban J connectivity index is 1.99. The topological polar surface area (TPSA) is 196 Å². The smallest absolute Gasteiger partial charge is 0.201 e. The van der Waals surface area contributed by atoms with Crippen molar-refractivity contribution in [3.63, 3.8) is 0 Å². The Labute approximate surface area is 245 Å². The van der Waals surface area contributed by atoms with Gasteiger partial charge in [-0.15, -0.1) is 0 Å². The van der Waals surface area contributed by atoms with Gasteiger partial charge in [0.1, 0.15) is 46.0 Å². The lowest BCUT2D eigenvalue weighted by atomic mass is 9.77. The van der Waals surface area contributed by atoms with E-state index in [4.69, 9.17) is 0 Å².